The minimum Gasteiger partial charge on any atom is -0.489 e. The summed E-state index contributed by atoms with van der Waals surface area (Å²) < 4.78 is 11.2. The largest absolute Gasteiger partial charge is 0.489 e. The number of ether oxygens (including phenoxy) is 1. The number of benzene rings is 1. The standard InChI is InChI=1S/C19H28N4O2/c1-5-20-19(22-13-17-11-18(14(2)3)23-25-17)21-12-15(4)24-16-9-7-6-8-10-16/h6-11,14-15H,5,12-13H2,1-4H3,(H2,20,21,22). The van der Waals surface area contributed by atoms with E-state index in [1.54, 1.807) is 0 Å². The summed E-state index contributed by atoms with van der Waals surface area (Å²) in [5.74, 6) is 2.70. The summed E-state index contributed by atoms with van der Waals surface area (Å²) >= 11 is 0. The number of rotatable bonds is 8. The van der Waals surface area contributed by atoms with Gasteiger partial charge in [-0.3, -0.25) is 0 Å². The molecule has 0 bridgehead atoms. The van der Waals surface area contributed by atoms with Crippen molar-refractivity contribution in [2.24, 2.45) is 4.99 Å². The van der Waals surface area contributed by atoms with E-state index in [2.05, 4.69) is 34.6 Å². The van der Waals surface area contributed by atoms with Crippen molar-refractivity contribution in [3.8, 4) is 5.75 Å². The molecule has 0 fully saturated rings. The summed E-state index contributed by atoms with van der Waals surface area (Å²) in [6.07, 6.45) is 0.0177. The first-order valence-electron chi connectivity index (χ1n) is 8.77. The number of para-hydroxylation sites is 1. The Hall–Kier alpha value is -2.50. The number of hydrogen-bond acceptors (Lipinski definition) is 4. The second-order valence-electron chi connectivity index (χ2n) is 6.19. The number of aromatic nitrogens is 1. The molecule has 1 aromatic carbocycles. The van der Waals surface area contributed by atoms with Crippen molar-refractivity contribution < 1.29 is 9.26 Å². The Morgan fingerprint density at radius 3 is 2.60 bits per heavy atom. The molecule has 0 amide bonds. The van der Waals surface area contributed by atoms with E-state index in [1.165, 1.54) is 0 Å². The molecule has 0 radical (unpaired) electrons. The van der Waals surface area contributed by atoms with Crippen LogP contribution in [0.1, 0.15) is 45.1 Å². The molecule has 1 aromatic heterocycles. The highest BCUT2D eigenvalue weighted by Crippen LogP contribution is 2.14. The third kappa shape index (κ3) is 6.49. The van der Waals surface area contributed by atoms with Gasteiger partial charge in [0.15, 0.2) is 11.7 Å². The fourth-order valence-electron chi connectivity index (χ4n) is 2.19. The molecule has 6 heteroatoms. The Bertz CT molecular complexity index is 652. The molecule has 0 aliphatic heterocycles. The number of hydrogen-bond donors (Lipinski definition) is 2. The number of nitrogens with one attached hydrogen (secondary N) is 2. The Labute approximate surface area is 149 Å². The lowest BCUT2D eigenvalue weighted by Gasteiger charge is -2.17. The SMILES string of the molecule is CCNC(=NCc1cc(C(C)C)no1)NCC(C)Oc1ccccc1. The normalized spacial score (nSPS) is 12.9. The van der Waals surface area contributed by atoms with Gasteiger partial charge in [0.25, 0.3) is 0 Å². The van der Waals surface area contributed by atoms with Gasteiger partial charge in [0, 0.05) is 12.6 Å². The van der Waals surface area contributed by atoms with E-state index < -0.39 is 0 Å². The zero-order valence-electron chi connectivity index (χ0n) is 15.5. The molecule has 25 heavy (non-hydrogen) atoms. The second kappa shape index (κ2) is 9.71. The van der Waals surface area contributed by atoms with Crippen LogP contribution in [-0.2, 0) is 6.54 Å². The molecule has 0 aliphatic rings. The fraction of sp³-hybridized carbons (Fsp3) is 0.474. The van der Waals surface area contributed by atoms with E-state index in [1.807, 2.05) is 50.2 Å². The van der Waals surface area contributed by atoms with Crippen molar-refractivity contribution in [3.63, 3.8) is 0 Å². The Kier molecular flexibility index (Phi) is 7.32. The second-order valence-corrected chi connectivity index (χ2v) is 6.19. The lowest BCUT2D eigenvalue weighted by Crippen LogP contribution is -2.41. The highest BCUT2D eigenvalue weighted by atomic mass is 16.5. The Morgan fingerprint density at radius 1 is 1.20 bits per heavy atom. The van der Waals surface area contributed by atoms with E-state index in [0.29, 0.717) is 19.0 Å². The molecule has 0 saturated carbocycles. The van der Waals surface area contributed by atoms with Crippen LogP contribution in [0.3, 0.4) is 0 Å². The van der Waals surface area contributed by atoms with Crippen molar-refractivity contribution in [3.05, 3.63) is 47.9 Å². The lowest BCUT2D eigenvalue weighted by atomic mass is 10.1. The van der Waals surface area contributed by atoms with Crippen molar-refractivity contribution in [2.45, 2.75) is 46.3 Å². The average Bonchev–Trinajstić information content (AvgIpc) is 3.07. The van der Waals surface area contributed by atoms with Gasteiger partial charge in [-0.15, -0.1) is 0 Å². The third-order valence-electron chi connectivity index (χ3n) is 3.54. The molecular weight excluding hydrogens is 316 g/mol. The molecule has 2 N–H and O–H groups in total. The topological polar surface area (TPSA) is 71.7 Å². The fourth-order valence-corrected chi connectivity index (χ4v) is 2.19. The summed E-state index contributed by atoms with van der Waals surface area (Å²) in [4.78, 5) is 4.54. The molecule has 0 aliphatic carbocycles. The minimum absolute atomic E-state index is 0.0177. The quantitative estimate of drug-likeness (QED) is 0.568. The number of guanidine groups is 1. The van der Waals surface area contributed by atoms with E-state index >= 15 is 0 Å². The van der Waals surface area contributed by atoms with Crippen LogP contribution in [0.2, 0.25) is 0 Å². The van der Waals surface area contributed by atoms with Crippen molar-refractivity contribution >= 4 is 5.96 Å². The van der Waals surface area contributed by atoms with Crippen LogP contribution in [0.4, 0.5) is 0 Å². The maximum absolute atomic E-state index is 5.86. The monoisotopic (exact) mass is 344 g/mol. The molecule has 2 rings (SSSR count). The first-order valence-corrected chi connectivity index (χ1v) is 8.77. The maximum atomic E-state index is 5.86. The van der Waals surface area contributed by atoms with Gasteiger partial charge < -0.3 is 19.9 Å². The molecule has 136 valence electrons. The molecule has 1 unspecified atom stereocenters. The smallest absolute Gasteiger partial charge is 0.191 e. The van der Waals surface area contributed by atoms with Crippen LogP contribution in [0.25, 0.3) is 0 Å². The average molecular weight is 344 g/mol. The molecule has 6 nitrogen and oxygen atoms in total. The number of aliphatic imine (C=N–C) groups is 1. The summed E-state index contributed by atoms with van der Waals surface area (Å²) in [6.45, 7) is 10.1. The van der Waals surface area contributed by atoms with Crippen molar-refractivity contribution in [2.75, 3.05) is 13.1 Å². The molecule has 0 saturated heterocycles. The molecular formula is C19H28N4O2. The van der Waals surface area contributed by atoms with Gasteiger partial charge in [-0.25, -0.2) is 4.99 Å². The van der Waals surface area contributed by atoms with Crippen molar-refractivity contribution in [1.82, 2.24) is 15.8 Å². The first-order chi connectivity index (χ1) is 12.1. The van der Waals surface area contributed by atoms with E-state index in [-0.39, 0.29) is 6.10 Å². The van der Waals surface area contributed by atoms with Crippen LogP contribution in [-0.4, -0.2) is 30.3 Å². The molecule has 1 heterocycles. The van der Waals surface area contributed by atoms with Crippen LogP contribution in [0.15, 0.2) is 45.9 Å². The Morgan fingerprint density at radius 2 is 1.96 bits per heavy atom. The maximum Gasteiger partial charge on any atom is 0.191 e. The van der Waals surface area contributed by atoms with Crippen LogP contribution in [0, 0.1) is 0 Å². The van der Waals surface area contributed by atoms with E-state index in [9.17, 15) is 0 Å². The zero-order chi connectivity index (χ0) is 18.1. The lowest BCUT2D eigenvalue weighted by molar-refractivity contribution is 0.224. The third-order valence-corrected chi connectivity index (χ3v) is 3.54. The van der Waals surface area contributed by atoms with Gasteiger partial charge in [0.05, 0.1) is 12.2 Å². The van der Waals surface area contributed by atoms with E-state index in [0.717, 1.165) is 29.7 Å². The minimum atomic E-state index is 0.0177. The summed E-state index contributed by atoms with van der Waals surface area (Å²) in [7, 11) is 0. The summed E-state index contributed by atoms with van der Waals surface area (Å²) in [5.41, 5.74) is 0.952. The van der Waals surface area contributed by atoms with Gasteiger partial charge in [0.2, 0.25) is 0 Å². The van der Waals surface area contributed by atoms with Gasteiger partial charge in [-0.05, 0) is 31.9 Å². The highest BCUT2D eigenvalue weighted by molar-refractivity contribution is 5.79. The molecule has 1 atom stereocenters. The predicted molar refractivity (Wildman–Crippen MR) is 99.9 cm³/mol. The van der Waals surface area contributed by atoms with Gasteiger partial charge in [-0.1, -0.05) is 37.2 Å². The van der Waals surface area contributed by atoms with Gasteiger partial charge in [-0.2, -0.15) is 0 Å². The molecule has 0 spiro atoms. The highest BCUT2D eigenvalue weighted by Gasteiger charge is 2.08. The first kappa shape index (κ1) is 18.8. The predicted octanol–water partition coefficient (Wildman–Crippen LogP) is 3.32. The van der Waals surface area contributed by atoms with Crippen LogP contribution >= 0.6 is 0 Å². The Balaban J connectivity index is 1.86. The van der Waals surface area contributed by atoms with Gasteiger partial charge >= 0.3 is 0 Å². The van der Waals surface area contributed by atoms with Crippen LogP contribution in [0.5, 0.6) is 5.75 Å². The molecule has 2 aromatic rings. The van der Waals surface area contributed by atoms with Crippen molar-refractivity contribution in [1.29, 1.82) is 0 Å². The van der Waals surface area contributed by atoms with E-state index in [4.69, 9.17) is 9.26 Å². The van der Waals surface area contributed by atoms with Gasteiger partial charge in [0.1, 0.15) is 18.4 Å². The number of nitrogens with zero attached hydrogens (tertiary/aromatic N) is 2. The summed E-state index contributed by atoms with van der Waals surface area (Å²) in [5, 5.41) is 10.6. The van der Waals surface area contributed by atoms with Crippen LogP contribution < -0.4 is 15.4 Å². The summed E-state index contributed by atoms with van der Waals surface area (Å²) in [6, 6.07) is 11.8. The zero-order valence-corrected chi connectivity index (χ0v) is 15.5.